The zero-order chi connectivity index (χ0) is 12.3. The number of carbonyl (C=O) groups is 1. The molecule has 1 aliphatic rings. The molecule has 1 unspecified atom stereocenters. The van der Waals surface area contributed by atoms with Gasteiger partial charge in [-0.15, -0.1) is 0 Å². The predicted molar refractivity (Wildman–Crippen MR) is 65.4 cm³/mol. The number of carboxylic acids is 1. The Kier molecular flexibility index (Phi) is 4.36. The number of likely N-dealkylation sites (tertiary alicyclic amines) is 1. The zero-order valence-corrected chi connectivity index (χ0v) is 11.0. The molecule has 0 aromatic carbocycles. The topological polar surface area (TPSA) is 40.5 Å². The highest BCUT2D eigenvalue weighted by Gasteiger charge is 2.39. The molecule has 0 bridgehead atoms. The first-order valence-electron chi connectivity index (χ1n) is 6.28. The minimum Gasteiger partial charge on any atom is -0.481 e. The molecule has 1 saturated heterocycles. The van der Waals surface area contributed by atoms with Gasteiger partial charge in [0.2, 0.25) is 0 Å². The van der Waals surface area contributed by atoms with Crippen LogP contribution in [0.3, 0.4) is 0 Å². The Balaban J connectivity index is 2.50. The molecule has 0 aromatic rings. The Bertz CT molecular complexity index is 248. The van der Waals surface area contributed by atoms with E-state index in [2.05, 4.69) is 32.6 Å². The van der Waals surface area contributed by atoms with Crippen molar-refractivity contribution in [2.45, 2.75) is 40.5 Å². The van der Waals surface area contributed by atoms with Crippen molar-refractivity contribution in [2.75, 3.05) is 19.6 Å². The summed E-state index contributed by atoms with van der Waals surface area (Å²) in [4.78, 5) is 13.5. The summed E-state index contributed by atoms with van der Waals surface area (Å²) in [6, 6.07) is 0. The third-order valence-corrected chi connectivity index (χ3v) is 3.63. The van der Waals surface area contributed by atoms with Gasteiger partial charge in [0.1, 0.15) is 0 Å². The molecule has 1 N–H and O–H groups in total. The number of carboxylic acid groups (broad SMARTS) is 1. The smallest absolute Gasteiger partial charge is 0.307 e. The van der Waals surface area contributed by atoms with Crippen molar-refractivity contribution in [3.63, 3.8) is 0 Å². The van der Waals surface area contributed by atoms with Crippen molar-refractivity contribution >= 4 is 5.97 Å². The summed E-state index contributed by atoms with van der Waals surface area (Å²) < 4.78 is 0. The second kappa shape index (κ2) is 5.17. The predicted octanol–water partition coefficient (Wildman–Crippen LogP) is 2.47. The highest BCUT2D eigenvalue weighted by molar-refractivity contribution is 5.71. The van der Waals surface area contributed by atoms with Crippen LogP contribution in [-0.2, 0) is 4.79 Å². The first-order chi connectivity index (χ1) is 7.33. The number of nitrogens with zero attached hydrogens (tertiary/aromatic N) is 1. The maximum absolute atomic E-state index is 11.1. The van der Waals surface area contributed by atoms with Crippen molar-refractivity contribution in [1.29, 1.82) is 0 Å². The van der Waals surface area contributed by atoms with Gasteiger partial charge in [0.25, 0.3) is 0 Å². The summed E-state index contributed by atoms with van der Waals surface area (Å²) in [6.07, 6.45) is 1.99. The van der Waals surface area contributed by atoms with Crippen LogP contribution in [-0.4, -0.2) is 35.6 Å². The summed E-state index contributed by atoms with van der Waals surface area (Å²) in [5, 5.41) is 9.16. The summed E-state index contributed by atoms with van der Waals surface area (Å²) in [6.45, 7) is 11.6. The lowest BCUT2D eigenvalue weighted by Crippen LogP contribution is -2.48. The third kappa shape index (κ3) is 3.48. The molecule has 0 radical (unpaired) electrons. The number of hydrogen-bond acceptors (Lipinski definition) is 2. The molecule has 0 amide bonds. The maximum Gasteiger partial charge on any atom is 0.307 e. The molecule has 0 saturated carbocycles. The number of rotatable bonds is 4. The molecule has 1 rings (SSSR count). The van der Waals surface area contributed by atoms with Crippen LogP contribution < -0.4 is 0 Å². The molecule has 0 spiro atoms. The highest BCUT2D eigenvalue weighted by Crippen LogP contribution is 2.35. The van der Waals surface area contributed by atoms with Gasteiger partial charge in [0, 0.05) is 6.54 Å². The fraction of sp³-hybridized carbons (Fsp3) is 0.923. The Morgan fingerprint density at radius 2 is 2.12 bits per heavy atom. The maximum atomic E-state index is 11.1. The molecule has 16 heavy (non-hydrogen) atoms. The largest absolute Gasteiger partial charge is 0.481 e. The summed E-state index contributed by atoms with van der Waals surface area (Å²) in [7, 11) is 0. The molecular weight excluding hydrogens is 202 g/mol. The van der Waals surface area contributed by atoms with Crippen molar-refractivity contribution in [1.82, 2.24) is 4.90 Å². The van der Waals surface area contributed by atoms with E-state index in [1.165, 1.54) is 6.42 Å². The van der Waals surface area contributed by atoms with Crippen LogP contribution in [0.4, 0.5) is 0 Å². The van der Waals surface area contributed by atoms with Crippen LogP contribution in [0, 0.1) is 17.3 Å². The average molecular weight is 227 g/mol. The minimum atomic E-state index is -0.631. The van der Waals surface area contributed by atoms with E-state index in [4.69, 9.17) is 5.11 Å². The van der Waals surface area contributed by atoms with E-state index in [9.17, 15) is 4.79 Å². The number of hydrogen-bond donors (Lipinski definition) is 1. The van der Waals surface area contributed by atoms with E-state index >= 15 is 0 Å². The van der Waals surface area contributed by atoms with Crippen LogP contribution >= 0.6 is 0 Å². The molecule has 3 heteroatoms. The van der Waals surface area contributed by atoms with Crippen molar-refractivity contribution in [3.8, 4) is 0 Å². The monoisotopic (exact) mass is 227 g/mol. The molecule has 1 aliphatic heterocycles. The Labute approximate surface area is 98.8 Å². The van der Waals surface area contributed by atoms with Gasteiger partial charge in [-0.1, -0.05) is 27.7 Å². The van der Waals surface area contributed by atoms with E-state index in [1.54, 1.807) is 0 Å². The van der Waals surface area contributed by atoms with Crippen molar-refractivity contribution in [2.24, 2.45) is 17.3 Å². The van der Waals surface area contributed by atoms with Gasteiger partial charge < -0.3 is 10.0 Å². The van der Waals surface area contributed by atoms with E-state index in [0.717, 1.165) is 32.0 Å². The van der Waals surface area contributed by atoms with Gasteiger partial charge in [-0.25, -0.2) is 0 Å². The molecule has 0 aromatic heterocycles. The Hall–Kier alpha value is -0.570. The molecule has 3 nitrogen and oxygen atoms in total. The van der Waals surface area contributed by atoms with E-state index in [0.29, 0.717) is 0 Å². The Morgan fingerprint density at radius 3 is 2.56 bits per heavy atom. The molecular formula is C13H25NO2. The van der Waals surface area contributed by atoms with Gasteiger partial charge in [0.05, 0.1) is 5.92 Å². The highest BCUT2D eigenvalue weighted by atomic mass is 16.4. The molecule has 94 valence electrons. The van der Waals surface area contributed by atoms with Crippen LogP contribution in [0.5, 0.6) is 0 Å². The van der Waals surface area contributed by atoms with E-state index in [-0.39, 0.29) is 11.3 Å². The van der Waals surface area contributed by atoms with Crippen LogP contribution in [0.1, 0.15) is 40.5 Å². The summed E-state index contributed by atoms with van der Waals surface area (Å²) in [5.74, 6) is -0.0865. The fourth-order valence-corrected chi connectivity index (χ4v) is 2.56. The van der Waals surface area contributed by atoms with Crippen LogP contribution in [0.15, 0.2) is 0 Å². The third-order valence-electron chi connectivity index (χ3n) is 3.63. The molecule has 1 heterocycles. The average Bonchev–Trinajstić information content (AvgIpc) is 2.12. The minimum absolute atomic E-state index is 0.0962. The van der Waals surface area contributed by atoms with Gasteiger partial charge in [-0.05, 0) is 37.3 Å². The van der Waals surface area contributed by atoms with E-state index < -0.39 is 5.97 Å². The SMILES string of the molecule is CC(C)CCN1CCC(C(=O)O)C(C)(C)C1. The molecule has 1 fully saturated rings. The lowest BCUT2D eigenvalue weighted by atomic mass is 9.74. The van der Waals surface area contributed by atoms with Gasteiger partial charge in [-0.2, -0.15) is 0 Å². The molecule has 0 aliphatic carbocycles. The van der Waals surface area contributed by atoms with Crippen molar-refractivity contribution < 1.29 is 9.90 Å². The lowest BCUT2D eigenvalue weighted by Gasteiger charge is -2.42. The normalized spacial score (nSPS) is 25.9. The Morgan fingerprint density at radius 1 is 1.50 bits per heavy atom. The van der Waals surface area contributed by atoms with Crippen molar-refractivity contribution in [3.05, 3.63) is 0 Å². The summed E-state index contributed by atoms with van der Waals surface area (Å²) >= 11 is 0. The summed E-state index contributed by atoms with van der Waals surface area (Å²) in [5.41, 5.74) is -0.0962. The van der Waals surface area contributed by atoms with Gasteiger partial charge >= 0.3 is 5.97 Å². The lowest BCUT2D eigenvalue weighted by molar-refractivity contribution is -0.149. The second-order valence-corrected chi connectivity index (χ2v) is 6.13. The first kappa shape index (κ1) is 13.5. The van der Waals surface area contributed by atoms with Gasteiger partial charge in [0.15, 0.2) is 0 Å². The number of aliphatic carboxylic acids is 1. The van der Waals surface area contributed by atoms with Crippen LogP contribution in [0.25, 0.3) is 0 Å². The van der Waals surface area contributed by atoms with Gasteiger partial charge in [-0.3, -0.25) is 4.79 Å². The van der Waals surface area contributed by atoms with E-state index in [1.807, 2.05) is 0 Å². The second-order valence-electron chi connectivity index (χ2n) is 6.13. The fourth-order valence-electron chi connectivity index (χ4n) is 2.56. The quantitative estimate of drug-likeness (QED) is 0.802. The molecule has 1 atom stereocenters. The standard InChI is InChI=1S/C13H25NO2/c1-10(2)5-7-14-8-6-11(12(15)16)13(3,4)9-14/h10-11H,5-9H2,1-4H3,(H,15,16). The first-order valence-corrected chi connectivity index (χ1v) is 6.28. The zero-order valence-electron chi connectivity index (χ0n) is 11.0. The van der Waals surface area contributed by atoms with Crippen LogP contribution in [0.2, 0.25) is 0 Å². The number of piperidine rings is 1.